The van der Waals surface area contributed by atoms with Crippen molar-refractivity contribution in [1.29, 1.82) is 0 Å². The van der Waals surface area contributed by atoms with Gasteiger partial charge < -0.3 is 9.75 Å². The van der Waals surface area contributed by atoms with Crippen LogP contribution in [0.25, 0.3) is 0 Å². The Hall–Kier alpha value is -1.94. The number of ether oxygens (including phenoxy) is 1. The molecule has 18 heavy (non-hydrogen) atoms. The van der Waals surface area contributed by atoms with Crippen LogP contribution in [0.3, 0.4) is 0 Å². The van der Waals surface area contributed by atoms with E-state index in [1.165, 1.54) is 0 Å². The predicted molar refractivity (Wildman–Crippen MR) is 75.2 cm³/mol. The lowest BCUT2D eigenvalue weighted by molar-refractivity contribution is 0.415. The van der Waals surface area contributed by atoms with Crippen molar-refractivity contribution in [1.82, 2.24) is 0 Å². The van der Waals surface area contributed by atoms with Crippen molar-refractivity contribution in [3.05, 3.63) is 54.1 Å². The molecule has 0 unspecified atom stereocenters. The Morgan fingerprint density at radius 1 is 1.06 bits per heavy atom. The second-order valence-corrected chi connectivity index (χ2v) is 4.07. The van der Waals surface area contributed by atoms with Crippen LogP contribution in [-0.4, -0.2) is 15.0 Å². The molecule has 4 heteroatoms. The van der Waals surface area contributed by atoms with Gasteiger partial charge in [0.25, 0.3) is 0 Å². The van der Waals surface area contributed by atoms with Crippen LogP contribution in [0.5, 0.6) is 5.75 Å². The minimum absolute atomic E-state index is 0.632. The molecule has 0 spiro atoms. The largest absolute Gasteiger partial charge is 0.497 e. The molecule has 0 saturated heterocycles. The highest BCUT2D eigenvalue weighted by atomic mass is 16.5. The van der Waals surface area contributed by atoms with Crippen LogP contribution in [0.15, 0.2) is 48.5 Å². The third-order valence-electron chi connectivity index (χ3n) is 2.74. The molecular formula is C14H15BN2O. The van der Waals surface area contributed by atoms with E-state index in [0.29, 0.717) is 6.54 Å². The second kappa shape index (κ2) is 5.60. The average Bonchev–Trinajstić information content (AvgIpc) is 2.41. The van der Waals surface area contributed by atoms with Gasteiger partial charge in [-0.2, -0.15) is 0 Å². The number of anilines is 1. The monoisotopic (exact) mass is 238 g/mol. The van der Waals surface area contributed by atoms with Gasteiger partial charge in [-0.1, -0.05) is 29.7 Å². The van der Waals surface area contributed by atoms with Gasteiger partial charge in [-0.15, -0.1) is 0 Å². The highest BCUT2D eigenvalue weighted by molar-refractivity contribution is 6.32. The summed E-state index contributed by atoms with van der Waals surface area (Å²) in [5, 5.41) is 1.69. The van der Waals surface area contributed by atoms with E-state index in [4.69, 9.17) is 18.4 Å². The van der Waals surface area contributed by atoms with Crippen LogP contribution in [-0.2, 0) is 6.54 Å². The van der Waals surface area contributed by atoms with Gasteiger partial charge in [-0.3, -0.25) is 0 Å². The molecule has 0 aliphatic carbocycles. The summed E-state index contributed by atoms with van der Waals surface area (Å²) in [6.07, 6.45) is 0. The zero-order valence-corrected chi connectivity index (χ0v) is 10.3. The van der Waals surface area contributed by atoms with Crippen LogP contribution >= 0.6 is 0 Å². The van der Waals surface area contributed by atoms with Gasteiger partial charge in [-0.25, -0.2) is 5.84 Å². The molecule has 2 N–H and O–H groups in total. The molecular weight excluding hydrogens is 223 g/mol. The maximum absolute atomic E-state index is 6.02. The first kappa shape index (κ1) is 12.5. The fraction of sp³-hybridized carbons (Fsp3) is 0.143. The Bertz CT molecular complexity index is 496. The number of rotatable bonds is 4. The summed E-state index contributed by atoms with van der Waals surface area (Å²) in [5.74, 6) is 6.84. The number of nitrogens with zero attached hydrogens (tertiary/aromatic N) is 1. The second-order valence-electron chi connectivity index (χ2n) is 4.07. The molecule has 0 bridgehead atoms. The normalized spacial score (nSPS) is 10.1. The smallest absolute Gasteiger partial charge is 0.119 e. The number of benzene rings is 2. The van der Waals surface area contributed by atoms with Crippen LogP contribution < -0.4 is 21.1 Å². The van der Waals surface area contributed by atoms with Crippen LogP contribution in [0, 0.1) is 0 Å². The van der Waals surface area contributed by atoms with Gasteiger partial charge in [0, 0.05) is 0 Å². The Morgan fingerprint density at radius 2 is 1.67 bits per heavy atom. The number of hydrogen-bond donors (Lipinski definition) is 1. The topological polar surface area (TPSA) is 38.5 Å². The highest BCUT2D eigenvalue weighted by Gasteiger charge is 2.03. The first-order valence-corrected chi connectivity index (χ1v) is 5.70. The van der Waals surface area contributed by atoms with Gasteiger partial charge in [0.1, 0.15) is 13.6 Å². The van der Waals surface area contributed by atoms with Gasteiger partial charge in [0.15, 0.2) is 0 Å². The highest BCUT2D eigenvalue weighted by Crippen LogP contribution is 2.18. The van der Waals surface area contributed by atoms with Crippen LogP contribution in [0.2, 0.25) is 0 Å². The van der Waals surface area contributed by atoms with Gasteiger partial charge in [-0.05, 0) is 29.8 Å². The maximum atomic E-state index is 6.02. The molecule has 2 aromatic rings. The average molecular weight is 238 g/mol. The lowest BCUT2D eigenvalue weighted by Gasteiger charge is -2.19. The van der Waals surface area contributed by atoms with Crippen molar-refractivity contribution in [2.24, 2.45) is 5.84 Å². The quantitative estimate of drug-likeness (QED) is 0.496. The Labute approximate surface area is 109 Å². The van der Waals surface area contributed by atoms with E-state index in [1.807, 2.05) is 48.5 Å². The SMILES string of the molecule is [B]c1ccc(CN(N)c2ccc(OC)cc2)cc1. The van der Waals surface area contributed by atoms with Crippen molar-refractivity contribution < 1.29 is 4.74 Å². The fourth-order valence-electron chi connectivity index (χ4n) is 1.68. The first-order chi connectivity index (χ1) is 8.69. The summed E-state index contributed by atoms with van der Waals surface area (Å²) in [4.78, 5) is 0. The summed E-state index contributed by atoms with van der Waals surface area (Å²) in [7, 11) is 7.28. The molecule has 0 heterocycles. The molecule has 0 atom stereocenters. The van der Waals surface area contributed by atoms with E-state index in [2.05, 4.69) is 0 Å². The van der Waals surface area contributed by atoms with E-state index in [1.54, 1.807) is 12.1 Å². The van der Waals surface area contributed by atoms with Crippen LogP contribution in [0.1, 0.15) is 5.56 Å². The third kappa shape index (κ3) is 3.05. The van der Waals surface area contributed by atoms with E-state index >= 15 is 0 Å². The fourth-order valence-corrected chi connectivity index (χ4v) is 1.68. The van der Waals surface area contributed by atoms with Gasteiger partial charge in [0.05, 0.1) is 19.3 Å². The number of hydrogen-bond acceptors (Lipinski definition) is 3. The third-order valence-corrected chi connectivity index (χ3v) is 2.74. The van der Waals surface area contributed by atoms with Crippen LogP contribution in [0.4, 0.5) is 5.69 Å². The van der Waals surface area contributed by atoms with E-state index < -0.39 is 0 Å². The zero-order valence-electron chi connectivity index (χ0n) is 10.3. The Morgan fingerprint density at radius 3 is 2.22 bits per heavy atom. The van der Waals surface area contributed by atoms with Crippen molar-refractivity contribution in [3.63, 3.8) is 0 Å². The summed E-state index contributed by atoms with van der Waals surface area (Å²) < 4.78 is 5.11. The Balaban J connectivity index is 2.06. The summed E-state index contributed by atoms with van der Waals surface area (Å²) in [6.45, 7) is 0.632. The van der Waals surface area contributed by atoms with Gasteiger partial charge >= 0.3 is 0 Å². The molecule has 2 rings (SSSR count). The van der Waals surface area contributed by atoms with Crippen molar-refractivity contribution in [2.75, 3.05) is 12.1 Å². The van der Waals surface area contributed by atoms with Gasteiger partial charge in [0.2, 0.25) is 0 Å². The standard InChI is InChI=1S/C14H15BN2O/c1-18-14-8-6-13(7-9-14)17(16)10-11-2-4-12(15)5-3-11/h2-9H,10,16H2,1H3. The number of methoxy groups -OCH3 is 1. The van der Waals surface area contributed by atoms with E-state index in [0.717, 1.165) is 22.5 Å². The minimum Gasteiger partial charge on any atom is -0.497 e. The molecule has 0 fully saturated rings. The van der Waals surface area contributed by atoms with Crippen molar-refractivity contribution in [2.45, 2.75) is 6.54 Å². The minimum atomic E-state index is 0.632. The maximum Gasteiger partial charge on any atom is 0.119 e. The Kier molecular flexibility index (Phi) is 3.90. The zero-order chi connectivity index (χ0) is 13.0. The molecule has 90 valence electrons. The first-order valence-electron chi connectivity index (χ1n) is 5.70. The molecule has 0 amide bonds. The lowest BCUT2D eigenvalue weighted by atomic mass is 9.95. The molecule has 0 aliphatic rings. The summed E-state index contributed by atoms with van der Waals surface area (Å²) >= 11 is 0. The lowest BCUT2D eigenvalue weighted by Crippen LogP contribution is -2.30. The molecule has 0 aromatic heterocycles. The molecule has 2 radical (unpaired) electrons. The molecule has 2 aromatic carbocycles. The predicted octanol–water partition coefficient (Wildman–Crippen LogP) is 1.37. The number of nitrogens with two attached hydrogens (primary N) is 1. The number of hydrazine groups is 1. The van der Waals surface area contributed by atoms with E-state index in [9.17, 15) is 0 Å². The van der Waals surface area contributed by atoms with Crippen molar-refractivity contribution in [3.8, 4) is 5.75 Å². The molecule has 3 nitrogen and oxygen atoms in total. The summed E-state index contributed by atoms with van der Waals surface area (Å²) in [6, 6.07) is 15.3. The van der Waals surface area contributed by atoms with Crippen molar-refractivity contribution >= 4 is 19.0 Å². The summed E-state index contributed by atoms with van der Waals surface area (Å²) in [5.41, 5.74) is 2.81. The van der Waals surface area contributed by atoms with E-state index in [-0.39, 0.29) is 0 Å². The molecule has 0 saturated carbocycles. The molecule has 0 aliphatic heterocycles.